The minimum absolute atomic E-state index is 0.0499. The van der Waals surface area contributed by atoms with Gasteiger partial charge in [0.25, 0.3) is 11.9 Å². The van der Waals surface area contributed by atoms with Gasteiger partial charge in [0.05, 0.1) is 20.3 Å². The highest BCUT2D eigenvalue weighted by atomic mass is 16.5. The number of hydrogen-bond acceptors (Lipinski definition) is 5. The predicted octanol–water partition coefficient (Wildman–Crippen LogP) is -2.38. The van der Waals surface area contributed by atoms with Gasteiger partial charge in [0, 0.05) is 23.8 Å². The molecule has 1 fully saturated rings. The molecule has 0 atom stereocenters. The van der Waals surface area contributed by atoms with E-state index in [1.165, 1.54) is 7.11 Å². The van der Waals surface area contributed by atoms with Crippen molar-refractivity contribution < 1.29 is 24.1 Å². The van der Waals surface area contributed by atoms with Crippen molar-refractivity contribution in [3.8, 4) is 11.5 Å². The van der Waals surface area contributed by atoms with Gasteiger partial charge in [0.15, 0.2) is 18.1 Å². The summed E-state index contributed by atoms with van der Waals surface area (Å²) in [4.78, 5) is 13.8. The van der Waals surface area contributed by atoms with Gasteiger partial charge >= 0.3 is 0 Å². The van der Waals surface area contributed by atoms with E-state index in [-0.39, 0.29) is 18.5 Å². The van der Waals surface area contributed by atoms with Gasteiger partial charge in [0.2, 0.25) is 6.21 Å². The average molecular weight is 336 g/mol. The molecular formula is C15H22N5O4+. The summed E-state index contributed by atoms with van der Waals surface area (Å²) in [6.45, 7) is 2.24. The lowest BCUT2D eigenvalue weighted by Gasteiger charge is -2.26. The number of ether oxygens (including phenoxy) is 3. The first-order valence-corrected chi connectivity index (χ1v) is 7.44. The fourth-order valence-corrected chi connectivity index (χ4v) is 2.12. The molecule has 1 amide bonds. The fraction of sp³-hybridized carbons (Fsp3) is 0.400. The highest BCUT2D eigenvalue weighted by Crippen LogP contribution is 2.27. The van der Waals surface area contributed by atoms with Gasteiger partial charge in [-0.15, -0.1) is 5.10 Å². The molecule has 0 radical (unpaired) electrons. The van der Waals surface area contributed by atoms with Crippen molar-refractivity contribution in [2.75, 3.05) is 40.0 Å². The molecule has 24 heavy (non-hydrogen) atoms. The molecule has 0 spiro atoms. The zero-order chi connectivity index (χ0) is 17.4. The van der Waals surface area contributed by atoms with Crippen LogP contribution in [0.15, 0.2) is 23.3 Å². The van der Waals surface area contributed by atoms with Crippen LogP contribution in [-0.2, 0) is 9.53 Å². The van der Waals surface area contributed by atoms with Crippen LogP contribution >= 0.6 is 0 Å². The van der Waals surface area contributed by atoms with Crippen molar-refractivity contribution in [3.05, 3.63) is 23.8 Å². The van der Waals surface area contributed by atoms with Crippen LogP contribution in [0.4, 0.5) is 0 Å². The number of carbonyl (C=O) groups is 1. The Hall–Kier alpha value is -2.81. The van der Waals surface area contributed by atoms with Crippen LogP contribution in [0, 0.1) is 0 Å². The zero-order valence-corrected chi connectivity index (χ0v) is 13.5. The Morgan fingerprint density at radius 2 is 2.12 bits per heavy atom. The highest BCUT2D eigenvalue weighted by Gasteiger charge is 2.18. The molecule has 1 heterocycles. The van der Waals surface area contributed by atoms with Crippen LogP contribution in [0.3, 0.4) is 0 Å². The summed E-state index contributed by atoms with van der Waals surface area (Å²) in [5.41, 5.74) is 11.2. The van der Waals surface area contributed by atoms with Crippen LogP contribution in [0.5, 0.6) is 11.5 Å². The van der Waals surface area contributed by atoms with Crippen molar-refractivity contribution in [1.82, 2.24) is 4.90 Å². The second-order valence-corrected chi connectivity index (χ2v) is 5.00. The Labute approximate surface area is 139 Å². The molecule has 1 aliphatic heterocycles. The lowest BCUT2D eigenvalue weighted by molar-refractivity contribution is -0.456. The van der Waals surface area contributed by atoms with E-state index in [9.17, 15) is 4.79 Å². The summed E-state index contributed by atoms with van der Waals surface area (Å²) < 4.78 is 16.1. The van der Waals surface area contributed by atoms with Crippen molar-refractivity contribution in [1.29, 1.82) is 0 Å². The monoisotopic (exact) mass is 336 g/mol. The summed E-state index contributed by atoms with van der Waals surface area (Å²) in [6.07, 6.45) is 1.60. The first-order chi connectivity index (χ1) is 11.6. The van der Waals surface area contributed by atoms with E-state index in [2.05, 4.69) is 10.2 Å². The third kappa shape index (κ3) is 5.13. The number of nitrogens with one attached hydrogen (secondary N) is 1. The Balaban J connectivity index is 1.98. The van der Waals surface area contributed by atoms with Gasteiger partial charge in [-0.3, -0.25) is 4.79 Å². The highest BCUT2D eigenvalue weighted by molar-refractivity contribution is 5.79. The average Bonchev–Trinajstić information content (AvgIpc) is 2.60. The number of methoxy groups -OCH3 is 1. The summed E-state index contributed by atoms with van der Waals surface area (Å²) in [6, 6.07) is 5.24. The van der Waals surface area contributed by atoms with Crippen LogP contribution in [0.1, 0.15) is 5.56 Å². The topological polar surface area (TPSA) is 126 Å². The number of morpholine rings is 1. The lowest BCUT2D eigenvalue weighted by Crippen LogP contribution is -2.63. The minimum atomic E-state index is -0.0783. The summed E-state index contributed by atoms with van der Waals surface area (Å²) >= 11 is 0. The van der Waals surface area contributed by atoms with Crippen molar-refractivity contribution >= 4 is 18.1 Å². The third-order valence-electron chi connectivity index (χ3n) is 3.33. The Morgan fingerprint density at radius 3 is 2.79 bits per heavy atom. The minimum Gasteiger partial charge on any atom is -0.493 e. The van der Waals surface area contributed by atoms with E-state index in [1.807, 2.05) is 0 Å². The van der Waals surface area contributed by atoms with Crippen molar-refractivity contribution in [2.24, 2.45) is 16.6 Å². The maximum Gasteiger partial charge on any atom is 0.260 e. The van der Waals surface area contributed by atoms with Gasteiger partial charge < -0.3 is 30.6 Å². The number of carbonyl (C=O) groups excluding carboxylic acids is 1. The molecule has 130 valence electrons. The molecule has 1 aromatic rings. The summed E-state index contributed by atoms with van der Waals surface area (Å²) in [5.74, 6) is 0.841. The molecule has 0 saturated carbocycles. The van der Waals surface area contributed by atoms with E-state index in [1.54, 1.807) is 29.3 Å². The normalized spacial score (nSPS) is 14.5. The number of benzene rings is 1. The molecule has 9 nitrogen and oxygen atoms in total. The van der Waals surface area contributed by atoms with Crippen LogP contribution in [0.2, 0.25) is 0 Å². The molecule has 0 bridgehead atoms. The predicted molar refractivity (Wildman–Crippen MR) is 87.8 cm³/mol. The Bertz CT molecular complexity index is 622. The van der Waals surface area contributed by atoms with E-state index in [0.29, 0.717) is 37.8 Å². The third-order valence-corrected chi connectivity index (χ3v) is 3.33. The fourth-order valence-electron chi connectivity index (χ4n) is 2.12. The van der Waals surface area contributed by atoms with Crippen LogP contribution < -0.4 is 26.0 Å². The molecule has 2 rings (SSSR count). The number of hydrogen-bond donors (Lipinski definition) is 3. The van der Waals surface area contributed by atoms with Crippen LogP contribution in [-0.4, -0.2) is 63.0 Å². The number of guanidine groups is 1. The molecule has 1 aliphatic rings. The molecule has 1 aromatic carbocycles. The number of rotatable bonds is 6. The van der Waals surface area contributed by atoms with E-state index in [4.69, 9.17) is 25.7 Å². The standard InChI is InChI=1S/C15H21N5O4/c1-22-13-8-11(9-18-19-15(16)17)2-3-12(13)24-10-14(21)20-4-6-23-7-5-20/h2-3,8-9H,4-7,10H2,1H3,(H4,16,17,19)/p+1/b18-9+. The first kappa shape index (κ1) is 17.5. The van der Waals surface area contributed by atoms with Gasteiger partial charge in [-0.1, -0.05) is 0 Å². The van der Waals surface area contributed by atoms with Crippen LogP contribution in [0.25, 0.3) is 0 Å². The maximum atomic E-state index is 12.1. The quantitative estimate of drug-likeness (QED) is 0.303. The summed E-state index contributed by atoms with van der Waals surface area (Å²) in [7, 11) is 1.53. The van der Waals surface area contributed by atoms with Gasteiger partial charge in [-0.2, -0.15) is 0 Å². The molecule has 0 aromatic heterocycles. The van der Waals surface area contributed by atoms with Gasteiger partial charge in [-0.25, -0.2) is 0 Å². The zero-order valence-electron chi connectivity index (χ0n) is 13.5. The second kappa shape index (κ2) is 8.73. The first-order valence-electron chi connectivity index (χ1n) is 7.44. The van der Waals surface area contributed by atoms with E-state index in [0.717, 1.165) is 5.56 Å². The SMILES string of the molecule is COc1cc(/C=[NH+]/N=C(N)N)ccc1OCC(=O)N1CCOCC1. The van der Waals surface area contributed by atoms with Gasteiger partial charge in [-0.05, 0) is 18.2 Å². The Kier molecular flexibility index (Phi) is 6.38. The van der Waals surface area contributed by atoms with Crippen molar-refractivity contribution in [3.63, 3.8) is 0 Å². The lowest BCUT2D eigenvalue weighted by atomic mass is 10.2. The largest absolute Gasteiger partial charge is 0.493 e. The molecule has 5 N–H and O–H groups in total. The van der Waals surface area contributed by atoms with E-state index >= 15 is 0 Å². The number of hydrazone groups is 1. The smallest absolute Gasteiger partial charge is 0.260 e. The Morgan fingerprint density at radius 1 is 1.38 bits per heavy atom. The maximum absolute atomic E-state index is 12.1. The van der Waals surface area contributed by atoms with Crippen molar-refractivity contribution in [2.45, 2.75) is 0 Å². The molecule has 9 heteroatoms. The molecule has 0 unspecified atom stereocenters. The number of amides is 1. The molecule has 0 aliphatic carbocycles. The summed E-state index contributed by atoms with van der Waals surface area (Å²) in [5, 5.41) is 6.25. The van der Waals surface area contributed by atoms with E-state index < -0.39 is 0 Å². The molecule has 1 saturated heterocycles. The number of nitrogens with zero attached hydrogens (tertiary/aromatic N) is 2. The van der Waals surface area contributed by atoms with Gasteiger partial charge in [0.1, 0.15) is 0 Å². The second-order valence-electron chi connectivity index (χ2n) is 5.00. The number of nitrogens with two attached hydrogens (primary N) is 2. The molecular weight excluding hydrogens is 314 g/mol.